The quantitative estimate of drug-likeness (QED) is 0.627. The van der Waals surface area contributed by atoms with Gasteiger partial charge in [-0.1, -0.05) is 11.1 Å². The van der Waals surface area contributed by atoms with E-state index in [9.17, 15) is 0 Å². The van der Waals surface area contributed by atoms with Gasteiger partial charge in [-0.2, -0.15) is 0 Å². The number of thioether (sulfide) groups is 4. The van der Waals surface area contributed by atoms with Crippen molar-refractivity contribution < 1.29 is 0 Å². The van der Waals surface area contributed by atoms with E-state index in [1.54, 1.807) is 11.1 Å². The minimum atomic E-state index is 0.834. The van der Waals surface area contributed by atoms with Gasteiger partial charge in [0.2, 0.25) is 0 Å². The third-order valence-electron chi connectivity index (χ3n) is 3.47. The lowest BCUT2D eigenvalue weighted by Gasteiger charge is -2.24. The molecule has 0 radical (unpaired) electrons. The first-order valence-corrected chi connectivity index (χ1v) is 11.1. The maximum Gasteiger partial charge on any atom is 0.0539 e. The van der Waals surface area contributed by atoms with E-state index in [1.807, 2.05) is 0 Å². The summed E-state index contributed by atoms with van der Waals surface area (Å²) in [6.45, 7) is 4.73. The Kier molecular flexibility index (Phi) is 7.27. The molecular weight excluding hydrogens is 296 g/mol. The second-order valence-electron chi connectivity index (χ2n) is 5.02. The van der Waals surface area contributed by atoms with Gasteiger partial charge in [0.05, 0.1) is 9.16 Å². The fourth-order valence-electron chi connectivity index (χ4n) is 2.16. The summed E-state index contributed by atoms with van der Waals surface area (Å²) in [5, 5.41) is 0. The summed E-state index contributed by atoms with van der Waals surface area (Å²) < 4.78 is 1.67. The molecule has 0 atom stereocenters. The second kappa shape index (κ2) is 8.43. The zero-order valence-corrected chi connectivity index (χ0v) is 14.7. The highest BCUT2D eigenvalue weighted by Gasteiger charge is 2.18. The van der Waals surface area contributed by atoms with E-state index in [-0.39, 0.29) is 0 Å². The lowest BCUT2D eigenvalue weighted by molar-refractivity contribution is 0.948. The SMILES string of the molecule is C/C(CC1SCCCS1)=C(\C)CC1SCCCS1. The highest BCUT2D eigenvalue weighted by Crippen LogP contribution is 2.38. The van der Waals surface area contributed by atoms with Crippen molar-refractivity contribution in [1.29, 1.82) is 0 Å². The fourth-order valence-corrected chi connectivity index (χ4v) is 8.21. The van der Waals surface area contributed by atoms with E-state index in [0.717, 1.165) is 9.16 Å². The summed E-state index contributed by atoms with van der Waals surface area (Å²) >= 11 is 8.69. The first kappa shape index (κ1) is 15.5. The molecule has 2 aliphatic rings. The van der Waals surface area contributed by atoms with E-state index in [0.29, 0.717) is 0 Å². The van der Waals surface area contributed by atoms with Crippen molar-refractivity contribution in [2.75, 3.05) is 23.0 Å². The van der Waals surface area contributed by atoms with E-state index >= 15 is 0 Å². The van der Waals surface area contributed by atoms with Crippen LogP contribution in [-0.4, -0.2) is 32.2 Å². The van der Waals surface area contributed by atoms with Gasteiger partial charge in [0, 0.05) is 0 Å². The molecule has 0 nitrogen and oxygen atoms in total. The second-order valence-corrected chi connectivity index (χ2v) is 10.9. The van der Waals surface area contributed by atoms with Crippen LogP contribution in [0.5, 0.6) is 0 Å². The van der Waals surface area contributed by atoms with Crippen LogP contribution in [0.4, 0.5) is 0 Å². The molecule has 0 unspecified atom stereocenters. The summed E-state index contributed by atoms with van der Waals surface area (Å²) in [4.78, 5) is 0. The Morgan fingerprint density at radius 2 is 1.06 bits per heavy atom. The van der Waals surface area contributed by atoms with Gasteiger partial charge in [0.1, 0.15) is 0 Å². The van der Waals surface area contributed by atoms with Crippen LogP contribution in [0.2, 0.25) is 0 Å². The number of rotatable bonds is 4. The Bertz CT molecular complexity index is 248. The van der Waals surface area contributed by atoms with Gasteiger partial charge in [0.25, 0.3) is 0 Å². The van der Waals surface area contributed by atoms with Crippen molar-refractivity contribution in [3.63, 3.8) is 0 Å². The van der Waals surface area contributed by atoms with Gasteiger partial charge in [-0.3, -0.25) is 0 Å². The molecule has 104 valence electrons. The van der Waals surface area contributed by atoms with Crippen molar-refractivity contribution in [3.05, 3.63) is 11.1 Å². The van der Waals surface area contributed by atoms with Crippen molar-refractivity contribution in [3.8, 4) is 0 Å². The van der Waals surface area contributed by atoms with E-state index in [4.69, 9.17) is 0 Å². The molecule has 0 aliphatic carbocycles. The van der Waals surface area contributed by atoms with Crippen LogP contribution in [0, 0.1) is 0 Å². The zero-order valence-electron chi connectivity index (χ0n) is 11.4. The summed E-state index contributed by atoms with van der Waals surface area (Å²) in [7, 11) is 0. The third-order valence-corrected chi connectivity index (χ3v) is 9.35. The van der Waals surface area contributed by atoms with E-state index in [1.165, 1.54) is 48.7 Å². The highest BCUT2D eigenvalue weighted by atomic mass is 32.2. The van der Waals surface area contributed by atoms with Crippen LogP contribution >= 0.6 is 47.0 Å². The molecular formula is C14H24S4. The molecule has 4 heteroatoms. The molecule has 0 amide bonds. The molecule has 2 fully saturated rings. The van der Waals surface area contributed by atoms with E-state index in [2.05, 4.69) is 60.9 Å². The monoisotopic (exact) mass is 320 g/mol. The van der Waals surface area contributed by atoms with E-state index < -0.39 is 0 Å². The minimum Gasteiger partial charge on any atom is -0.147 e. The Hall–Kier alpha value is 1.14. The molecule has 2 aliphatic heterocycles. The first-order valence-electron chi connectivity index (χ1n) is 6.87. The molecule has 0 N–H and O–H groups in total. The Labute approximate surface area is 129 Å². The average molecular weight is 321 g/mol. The van der Waals surface area contributed by atoms with Crippen LogP contribution < -0.4 is 0 Å². The van der Waals surface area contributed by atoms with Gasteiger partial charge in [-0.25, -0.2) is 0 Å². The number of hydrogen-bond donors (Lipinski definition) is 0. The van der Waals surface area contributed by atoms with Crippen molar-refractivity contribution in [1.82, 2.24) is 0 Å². The molecule has 2 heterocycles. The molecule has 2 saturated heterocycles. The molecule has 2 rings (SSSR count). The maximum absolute atomic E-state index is 2.36. The summed E-state index contributed by atoms with van der Waals surface area (Å²) in [5.74, 6) is 5.49. The van der Waals surface area contributed by atoms with Crippen LogP contribution in [0.1, 0.15) is 39.5 Å². The van der Waals surface area contributed by atoms with Gasteiger partial charge in [-0.15, -0.1) is 47.0 Å². The predicted octanol–water partition coefficient (Wildman–Crippen LogP) is 5.50. The summed E-state index contributed by atoms with van der Waals surface area (Å²) in [6, 6.07) is 0. The topological polar surface area (TPSA) is 0 Å². The Balaban J connectivity index is 1.79. The fraction of sp³-hybridized carbons (Fsp3) is 0.857. The molecule has 0 bridgehead atoms. The number of hydrogen-bond acceptors (Lipinski definition) is 4. The molecule has 0 aromatic carbocycles. The predicted molar refractivity (Wildman–Crippen MR) is 94.3 cm³/mol. The molecule has 0 saturated carbocycles. The molecule has 0 aromatic rings. The van der Waals surface area contributed by atoms with Crippen molar-refractivity contribution >= 4 is 47.0 Å². The van der Waals surface area contributed by atoms with Crippen molar-refractivity contribution in [2.24, 2.45) is 0 Å². The van der Waals surface area contributed by atoms with Gasteiger partial charge in [0.15, 0.2) is 0 Å². The van der Waals surface area contributed by atoms with Crippen molar-refractivity contribution in [2.45, 2.75) is 48.7 Å². The largest absolute Gasteiger partial charge is 0.147 e. The molecule has 0 spiro atoms. The zero-order chi connectivity index (χ0) is 12.8. The first-order chi connectivity index (χ1) is 8.75. The van der Waals surface area contributed by atoms with Gasteiger partial charge >= 0.3 is 0 Å². The van der Waals surface area contributed by atoms with Gasteiger partial charge in [-0.05, 0) is 62.5 Å². The highest BCUT2D eigenvalue weighted by molar-refractivity contribution is 8.17. The summed E-state index contributed by atoms with van der Waals surface area (Å²) in [6.07, 6.45) is 5.43. The van der Waals surface area contributed by atoms with Crippen LogP contribution in [0.15, 0.2) is 11.1 Å². The lowest BCUT2D eigenvalue weighted by Crippen LogP contribution is -2.10. The lowest BCUT2D eigenvalue weighted by atomic mass is 10.1. The maximum atomic E-state index is 2.36. The summed E-state index contributed by atoms with van der Waals surface area (Å²) in [5.41, 5.74) is 3.32. The Morgan fingerprint density at radius 3 is 1.39 bits per heavy atom. The van der Waals surface area contributed by atoms with Crippen LogP contribution in [0.25, 0.3) is 0 Å². The number of allylic oxidation sites excluding steroid dienone is 2. The third kappa shape index (κ3) is 5.26. The van der Waals surface area contributed by atoms with Gasteiger partial charge < -0.3 is 0 Å². The van der Waals surface area contributed by atoms with Crippen LogP contribution in [-0.2, 0) is 0 Å². The minimum absolute atomic E-state index is 0.834. The Morgan fingerprint density at radius 1 is 0.722 bits per heavy atom. The normalized spacial score (nSPS) is 25.0. The molecule has 18 heavy (non-hydrogen) atoms. The average Bonchev–Trinajstić information content (AvgIpc) is 2.41. The standard InChI is InChI=1S/C14H24S4/c1-11(9-13-15-5-3-6-16-13)12(2)10-14-17-7-4-8-18-14/h13-14H,3-10H2,1-2H3/b12-11-. The smallest absolute Gasteiger partial charge is 0.0539 e. The van der Waals surface area contributed by atoms with Crippen LogP contribution in [0.3, 0.4) is 0 Å². The molecule has 0 aromatic heterocycles.